The third-order valence-corrected chi connectivity index (χ3v) is 15.0. The Hall–Kier alpha value is -8.18. The molecule has 406 valence electrons. The molecule has 6 aromatic carbocycles. The molecule has 0 fully saturated rings. The number of aromatic hydroxyl groups is 1. The number of hydrogen-bond donors (Lipinski definition) is 4. The minimum atomic E-state index is -1.34. The molecule has 11 heteroatoms. The minimum Gasteiger partial charge on any atom is -0.872 e. The normalized spacial score (nSPS) is 12.9. The van der Waals surface area contributed by atoms with Gasteiger partial charge in [-0.1, -0.05) is 142 Å². The summed E-state index contributed by atoms with van der Waals surface area (Å²) in [6, 6.07) is 40.3. The van der Waals surface area contributed by atoms with Crippen molar-refractivity contribution in [2.75, 3.05) is 19.0 Å². The number of phenols is 1. The lowest BCUT2D eigenvalue weighted by Gasteiger charge is -2.21. The van der Waals surface area contributed by atoms with E-state index in [0.29, 0.717) is 28.0 Å². The lowest BCUT2D eigenvalue weighted by molar-refractivity contribution is -0.646. The standard InChI is InChI=1S/C26H28N3.C23H16O6.C18H32O2/c1-19-17-21(20(2)29(19)24-9-7-6-8-10-24)11-13-23-14-12-22-18-25(27(3)4)15-16-26(22)28(23)5;24-20-16(14-7-3-1-5-12(14)9-18(20)22(26)27)11-17-15-8-4-2-6-13(15)10-19(21(17)25)23(28)29;19-18(20)16-10-8-6-4-2-1-3-5-7-9-13-17-14-11-12-15-17/h6-18H,1-5H3;1-10,24-25H,11H2,(H,26,27)(H,28,29);11,14,17H,1-10,12-13,15-16H2,(H,19,20)/q+1;;/p-1. The van der Waals surface area contributed by atoms with Crippen LogP contribution < -0.4 is 14.6 Å². The van der Waals surface area contributed by atoms with Crippen LogP contribution in [0.5, 0.6) is 11.5 Å². The zero-order chi connectivity index (χ0) is 55.7. The number of carbonyl (C=O) groups is 3. The van der Waals surface area contributed by atoms with Gasteiger partial charge in [0, 0.05) is 78.9 Å². The van der Waals surface area contributed by atoms with Crippen LogP contribution in [0.3, 0.4) is 0 Å². The maximum atomic E-state index is 12.9. The average Bonchev–Trinajstić information content (AvgIpc) is 4.10. The summed E-state index contributed by atoms with van der Waals surface area (Å²) in [5.41, 5.74) is 8.40. The van der Waals surface area contributed by atoms with Gasteiger partial charge in [-0.15, -0.1) is 0 Å². The number of unbranched alkanes of at least 4 members (excludes halogenated alkanes) is 9. The number of pyridine rings is 1. The predicted molar refractivity (Wildman–Crippen MR) is 314 cm³/mol. The van der Waals surface area contributed by atoms with E-state index in [1.165, 1.54) is 128 Å². The van der Waals surface area contributed by atoms with Crippen LogP contribution in [-0.2, 0) is 18.3 Å². The molecule has 0 saturated carbocycles. The SMILES string of the molecule is Cc1cc(C=Cc2ccc3cc(N(C)C)ccc3[n+]2C)c(C)n1-c1ccccc1.O=C(O)CCCCCCCCCCCCC1C=CCC1.O=C(O)c1cc2ccccc2c(Cc2c(O)c(C(=O)O)cc3ccccc23)c1[O-]. The first-order chi connectivity index (χ1) is 37.6. The first-order valence-corrected chi connectivity index (χ1v) is 27.5. The number of anilines is 1. The second-order valence-electron chi connectivity index (χ2n) is 20.7. The zero-order valence-electron chi connectivity index (χ0n) is 45.9. The smallest absolute Gasteiger partial charge is 0.339 e. The summed E-state index contributed by atoms with van der Waals surface area (Å²) < 4.78 is 4.56. The highest BCUT2D eigenvalue weighted by atomic mass is 16.4. The number of benzene rings is 6. The summed E-state index contributed by atoms with van der Waals surface area (Å²) in [6.07, 6.45) is 26.2. The second-order valence-corrected chi connectivity index (χ2v) is 20.7. The highest BCUT2D eigenvalue weighted by molar-refractivity contribution is 6.02. The number of aryl methyl sites for hydroxylation is 2. The number of aliphatic carboxylic acids is 1. The Morgan fingerprint density at radius 1 is 0.667 bits per heavy atom. The summed E-state index contributed by atoms with van der Waals surface area (Å²) >= 11 is 0. The van der Waals surface area contributed by atoms with Crippen molar-refractivity contribution in [2.24, 2.45) is 13.0 Å². The van der Waals surface area contributed by atoms with E-state index in [-0.39, 0.29) is 28.7 Å². The molecule has 2 aromatic heterocycles. The molecule has 9 rings (SSSR count). The van der Waals surface area contributed by atoms with Crippen LogP contribution in [0.25, 0.3) is 50.3 Å². The van der Waals surface area contributed by atoms with Crippen molar-refractivity contribution in [3.05, 3.63) is 184 Å². The monoisotopic (exact) mass is 1050 g/mol. The molecular weight excluding hydrogens is 975 g/mol. The van der Waals surface area contributed by atoms with Crippen LogP contribution in [0.1, 0.15) is 144 Å². The lowest BCUT2D eigenvalue weighted by atomic mass is 9.90. The van der Waals surface area contributed by atoms with E-state index in [2.05, 4.69) is 140 Å². The number of fused-ring (bicyclic) bond motifs is 3. The summed E-state index contributed by atoms with van der Waals surface area (Å²) in [7, 11) is 6.28. The van der Waals surface area contributed by atoms with Crippen molar-refractivity contribution >= 4 is 68.2 Å². The molecule has 1 aliphatic rings. The van der Waals surface area contributed by atoms with Crippen LogP contribution in [0.15, 0.2) is 140 Å². The number of hydrogen-bond acceptors (Lipinski definition) is 6. The topological polar surface area (TPSA) is 167 Å². The lowest BCUT2D eigenvalue weighted by Crippen LogP contribution is -2.32. The van der Waals surface area contributed by atoms with E-state index < -0.39 is 29.4 Å². The van der Waals surface area contributed by atoms with Crippen molar-refractivity contribution in [3.63, 3.8) is 0 Å². The molecule has 0 bridgehead atoms. The average molecular weight is 1050 g/mol. The van der Waals surface area contributed by atoms with E-state index in [4.69, 9.17) is 5.11 Å². The van der Waals surface area contributed by atoms with Gasteiger partial charge in [-0.3, -0.25) is 4.79 Å². The number of aromatic carboxylic acids is 2. The van der Waals surface area contributed by atoms with Crippen molar-refractivity contribution in [3.8, 4) is 17.2 Å². The molecular formula is C67H75N3O8. The second kappa shape index (κ2) is 27.7. The number of nitrogens with zero attached hydrogens (tertiary/aromatic N) is 3. The first kappa shape index (κ1) is 57.5. The summed E-state index contributed by atoms with van der Waals surface area (Å²) in [5.74, 6) is -3.48. The molecule has 2 heterocycles. The fourth-order valence-electron chi connectivity index (χ4n) is 10.7. The third-order valence-electron chi connectivity index (χ3n) is 15.0. The fraction of sp³-hybridized carbons (Fsp3) is 0.313. The van der Waals surface area contributed by atoms with Gasteiger partial charge in [0.2, 0.25) is 11.2 Å². The maximum absolute atomic E-state index is 12.9. The molecule has 1 atom stereocenters. The van der Waals surface area contributed by atoms with Gasteiger partial charge in [-0.25, -0.2) is 9.59 Å². The van der Waals surface area contributed by atoms with Gasteiger partial charge < -0.3 is 35.0 Å². The van der Waals surface area contributed by atoms with Gasteiger partial charge in [0.05, 0.1) is 5.56 Å². The minimum absolute atomic E-state index is 0.103. The van der Waals surface area contributed by atoms with Crippen molar-refractivity contribution in [2.45, 2.75) is 110 Å². The quantitative estimate of drug-likeness (QED) is 0.0311. The van der Waals surface area contributed by atoms with E-state index in [1.54, 1.807) is 48.5 Å². The van der Waals surface area contributed by atoms with Gasteiger partial charge in [0.1, 0.15) is 18.4 Å². The van der Waals surface area contributed by atoms with E-state index in [1.807, 2.05) is 0 Å². The molecule has 4 N–H and O–H groups in total. The third kappa shape index (κ3) is 14.8. The fourth-order valence-corrected chi connectivity index (χ4v) is 10.7. The Labute approximate surface area is 459 Å². The summed E-state index contributed by atoms with van der Waals surface area (Å²) in [4.78, 5) is 35.6. The zero-order valence-corrected chi connectivity index (χ0v) is 45.9. The Balaban J connectivity index is 0.000000173. The molecule has 78 heavy (non-hydrogen) atoms. The van der Waals surface area contributed by atoms with Gasteiger partial charge in [-0.05, 0) is 133 Å². The Morgan fingerprint density at radius 2 is 1.26 bits per heavy atom. The number of rotatable bonds is 21. The van der Waals surface area contributed by atoms with Crippen molar-refractivity contribution < 1.29 is 44.5 Å². The maximum Gasteiger partial charge on any atom is 0.339 e. The van der Waals surface area contributed by atoms with Crippen LogP contribution in [0.4, 0.5) is 5.69 Å². The van der Waals surface area contributed by atoms with Crippen molar-refractivity contribution in [1.82, 2.24) is 4.57 Å². The highest BCUT2D eigenvalue weighted by Gasteiger charge is 2.21. The van der Waals surface area contributed by atoms with Crippen LogP contribution >= 0.6 is 0 Å². The number of carboxylic acid groups (broad SMARTS) is 3. The summed E-state index contributed by atoms with van der Waals surface area (Å²) in [5, 5.41) is 54.6. The number of allylic oxidation sites excluding steroid dienone is 2. The highest BCUT2D eigenvalue weighted by Crippen LogP contribution is 2.38. The Morgan fingerprint density at radius 3 is 1.86 bits per heavy atom. The Kier molecular flexibility index (Phi) is 20.5. The number of carboxylic acids is 3. The first-order valence-electron chi connectivity index (χ1n) is 27.5. The van der Waals surface area contributed by atoms with Crippen molar-refractivity contribution in [1.29, 1.82) is 0 Å². The Bertz CT molecular complexity index is 3330. The number of aromatic nitrogens is 2. The predicted octanol–water partition coefficient (Wildman–Crippen LogP) is 14.8. The van der Waals surface area contributed by atoms with Gasteiger partial charge >= 0.3 is 17.9 Å². The largest absolute Gasteiger partial charge is 0.872 e. The number of para-hydroxylation sites is 1. The van der Waals surface area contributed by atoms with Gasteiger partial charge in [0.15, 0.2) is 0 Å². The molecule has 0 aliphatic heterocycles. The molecule has 11 nitrogen and oxygen atoms in total. The molecule has 0 radical (unpaired) electrons. The summed E-state index contributed by atoms with van der Waals surface area (Å²) in [6.45, 7) is 4.35. The van der Waals surface area contributed by atoms with Crippen LogP contribution in [0.2, 0.25) is 0 Å². The molecule has 0 amide bonds. The molecule has 8 aromatic rings. The van der Waals surface area contributed by atoms with Crippen LogP contribution in [0, 0.1) is 19.8 Å². The molecule has 1 unspecified atom stereocenters. The van der Waals surface area contributed by atoms with E-state index in [0.717, 1.165) is 18.8 Å². The molecule has 0 saturated heterocycles. The molecule has 1 aliphatic carbocycles. The van der Waals surface area contributed by atoms with Gasteiger partial charge in [-0.2, -0.15) is 4.57 Å². The van der Waals surface area contributed by atoms with E-state index in [9.17, 15) is 34.8 Å². The van der Waals surface area contributed by atoms with Crippen LogP contribution in [-0.4, -0.2) is 57.0 Å². The van der Waals surface area contributed by atoms with Gasteiger partial charge in [0.25, 0.3) is 0 Å². The van der Waals surface area contributed by atoms with E-state index >= 15 is 0 Å². The molecule has 0 spiro atoms.